The van der Waals surface area contributed by atoms with E-state index >= 15 is 0 Å². The molecule has 4 nitrogen and oxygen atoms in total. The summed E-state index contributed by atoms with van der Waals surface area (Å²) in [6.45, 7) is 3.31. The Hall–Kier alpha value is -0.360. The Morgan fingerprint density at radius 2 is 2.31 bits per heavy atom. The van der Waals surface area contributed by atoms with Crippen molar-refractivity contribution >= 4 is 42.1 Å². The van der Waals surface area contributed by atoms with Crippen LogP contribution < -0.4 is 5.73 Å². The average molecular weight is 284 g/mol. The molecular weight excluding hydrogens is 269 g/mol. The first kappa shape index (κ1) is 15.6. The molecule has 2 heterocycles. The zero-order chi connectivity index (χ0) is 10.1. The predicted molar refractivity (Wildman–Crippen MR) is 69.8 cm³/mol. The van der Waals surface area contributed by atoms with E-state index < -0.39 is 0 Å². The highest BCUT2D eigenvalue weighted by Crippen LogP contribution is 2.18. The molecule has 16 heavy (non-hydrogen) atoms. The molecule has 1 saturated heterocycles. The molecule has 0 bridgehead atoms. The first-order valence-electron chi connectivity index (χ1n) is 4.63. The minimum atomic E-state index is 0. The Morgan fingerprint density at radius 1 is 1.62 bits per heavy atom. The van der Waals surface area contributed by atoms with Gasteiger partial charge in [-0.2, -0.15) is 0 Å². The van der Waals surface area contributed by atoms with Crippen LogP contribution in [0, 0.1) is 6.92 Å². The summed E-state index contributed by atoms with van der Waals surface area (Å²) in [6, 6.07) is 0.146. The molecule has 1 atom stereocenters. The third-order valence-corrected chi connectivity index (χ3v) is 3.37. The summed E-state index contributed by atoms with van der Waals surface area (Å²) in [6.07, 6.45) is 0.906. The van der Waals surface area contributed by atoms with E-state index in [-0.39, 0.29) is 36.8 Å². The minimum Gasteiger partial charge on any atom is -0.336 e. The van der Waals surface area contributed by atoms with Crippen molar-refractivity contribution in [3.05, 3.63) is 16.1 Å². The number of rotatable bonds is 1. The second-order valence-corrected chi connectivity index (χ2v) is 4.42. The Balaban J connectivity index is 0.00000112. The minimum absolute atomic E-state index is 0. The first-order chi connectivity index (χ1) is 6.68. The molecule has 0 saturated carbocycles. The van der Waals surface area contributed by atoms with Crippen LogP contribution in [0.1, 0.15) is 21.8 Å². The highest BCUT2D eigenvalue weighted by Gasteiger charge is 2.26. The molecule has 0 radical (unpaired) electrons. The lowest BCUT2D eigenvalue weighted by molar-refractivity contribution is 0.0794. The zero-order valence-electron chi connectivity index (χ0n) is 8.88. The van der Waals surface area contributed by atoms with Gasteiger partial charge in [-0.1, -0.05) is 0 Å². The van der Waals surface area contributed by atoms with Gasteiger partial charge in [0.25, 0.3) is 5.91 Å². The molecule has 1 aliphatic heterocycles. The Bertz CT molecular complexity index is 358. The predicted octanol–water partition coefficient (Wildman–Crippen LogP) is 1.47. The molecule has 1 aromatic rings. The third-order valence-electron chi connectivity index (χ3n) is 2.45. The smallest absolute Gasteiger partial charge is 0.265 e. The summed E-state index contributed by atoms with van der Waals surface area (Å²) in [5.74, 6) is 0.0814. The molecule has 0 aromatic carbocycles. The molecule has 7 heteroatoms. The Labute approximate surface area is 111 Å². The molecular formula is C9H15Cl2N3OS. The lowest BCUT2D eigenvalue weighted by Gasteiger charge is -2.14. The van der Waals surface area contributed by atoms with E-state index in [0.717, 1.165) is 23.5 Å². The maximum absolute atomic E-state index is 11.9. The molecule has 1 fully saturated rings. The van der Waals surface area contributed by atoms with E-state index in [2.05, 4.69) is 4.98 Å². The molecule has 1 aliphatic rings. The van der Waals surface area contributed by atoms with Crippen LogP contribution >= 0.6 is 36.2 Å². The van der Waals surface area contributed by atoms with E-state index in [4.69, 9.17) is 5.73 Å². The lowest BCUT2D eigenvalue weighted by Crippen LogP contribution is -2.31. The van der Waals surface area contributed by atoms with Gasteiger partial charge < -0.3 is 10.6 Å². The van der Waals surface area contributed by atoms with Crippen molar-refractivity contribution in [2.75, 3.05) is 13.1 Å². The van der Waals surface area contributed by atoms with Crippen molar-refractivity contribution in [3.63, 3.8) is 0 Å². The molecule has 0 unspecified atom stereocenters. The molecule has 2 rings (SSSR count). The Kier molecular flexibility index (Phi) is 6.25. The number of likely N-dealkylation sites (tertiary alicyclic amines) is 1. The van der Waals surface area contributed by atoms with Crippen molar-refractivity contribution in [3.8, 4) is 0 Å². The average Bonchev–Trinajstić information content (AvgIpc) is 2.73. The number of carbonyl (C=O) groups is 1. The van der Waals surface area contributed by atoms with Gasteiger partial charge in [0.05, 0.1) is 11.2 Å². The van der Waals surface area contributed by atoms with Crippen LogP contribution in [0.4, 0.5) is 0 Å². The number of hydrogen-bond acceptors (Lipinski definition) is 4. The largest absolute Gasteiger partial charge is 0.336 e. The number of thiazole rings is 1. The number of aryl methyl sites for hydroxylation is 1. The SMILES string of the molecule is Cc1ncsc1C(=O)N1CC[C@H](N)C1.Cl.Cl. The second-order valence-electron chi connectivity index (χ2n) is 3.57. The molecule has 1 amide bonds. The molecule has 2 N–H and O–H groups in total. The van der Waals surface area contributed by atoms with Gasteiger partial charge in [0.15, 0.2) is 0 Å². The maximum atomic E-state index is 11.9. The summed E-state index contributed by atoms with van der Waals surface area (Å²) in [4.78, 5) is 18.5. The fourth-order valence-electron chi connectivity index (χ4n) is 1.62. The summed E-state index contributed by atoms with van der Waals surface area (Å²) >= 11 is 1.40. The van der Waals surface area contributed by atoms with Gasteiger partial charge in [0, 0.05) is 19.1 Å². The van der Waals surface area contributed by atoms with Crippen molar-refractivity contribution in [1.29, 1.82) is 0 Å². The third kappa shape index (κ3) is 3.07. The number of aromatic nitrogens is 1. The van der Waals surface area contributed by atoms with E-state index in [1.165, 1.54) is 11.3 Å². The number of hydrogen-bond donors (Lipinski definition) is 1. The molecule has 0 spiro atoms. The van der Waals surface area contributed by atoms with E-state index in [0.29, 0.717) is 6.54 Å². The van der Waals surface area contributed by atoms with Crippen LogP contribution in [0.15, 0.2) is 5.51 Å². The zero-order valence-corrected chi connectivity index (χ0v) is 11.3. The van der Waals surface area contributed by atoms with Crippen LogP contribution in [-0.2, 0) is 0 Å². The maximum Gasteiger partial charge on any atom is 0.265 e. The van der Waals surface area contributed by atoms with Gasteiger partial charge in [-0.25, -0.2) is 4.98 Å². The van der Waals surface area contributed by atoms with Crippen molar-refractivity contribution in [2.45, 2.75) is 19.4 Å². The number of halogens is 2. The Morgan fingerprint density at radius 3 is 2.75 bits per heavy atom. The lowest BCUT2D eigenvalue weighted by atomic mass is 10.3. The fraction of sp³-hybridized carbons (Fsp3) is 0.556. The van der Waals surface area contributed by atoms with Gasteiger partial charge in [-0.15, -0.1) is 36.2 Å². The number of nitrogens with zero attached hydrogens (tertiary/aromatic N) is 2. The molecule has 0 aliphatic carbocycles. The van der Waals surface area contributed by atoms with Gasteiger partial charge in [0.2, 0.25) is 0 Å². The van der Waals surface area contributed by atoms with Crippen molar-refractivity contribution in [1.82, 2.24) is 9.88 Å². The van der Waals surface area contributed by atoms with E-state index in [9.17, 15) is 4.79 Å². The van der Waals surface area contributed by atoms with Gasteiger partial charge >= 0.3 is 0 Å². The standard InChI is InChI=1S/C9H13N3OS.2ClH/c1-6-8(14-5-11-6)9(13)12-3-2-7(10)4-12;;/h5,7H,2-4,10H2,1H3;2*1H/t7-;;/m0../s1. The van der Waals surface area contributed by atoms with Crippen LogP contribution in [-0.4, -0.2) is 34.9 Å². The summed E-state index contributed by atoms with van der Waals surface area (Å²) in [5, 5.41) is 0. The second kappa shape index (κ2) is 6.39. The monoisotopic (exact) mass is 283 g/mol. The number of carbonyl (C=O) groups excluding carboxylic acids is 1. The van der Waals surface area contributed by atoms with Crippen molar-refractivity contribution < 1.29 is 4.79 Å². The van der Waals surface area contributed by atoms with Crippen LogP contribution in [0.25, 0.3) is 0 Å². The van der Waals surface area contributed by atoms with Crippen LogP contribution in [0.5, 0.6) is 0 Å². The number of nitrogens with two attached hydrogens (primary N) is 1. The van der Waals surface area contributed by atoms with Gasteiger partial charge in [0.1, 0.15) is 4.88 Å². The van der Waals surface area contributed by atoms with Crippen molar-refractivity contribution in [2.24, 2.45) is 5.73 Å². The van der Waals surface area contributed by atoms with Crippen LogP contribution in [0.2, 0.25) is 0 Å². The quantitative estimate of drug-likeness (QED) is 0.849. The summed E-state index contributed by atoms with van der Waals surface area (Å²) in [7, 11) is 0. The van der Waals surface area contributed by atoms with Crippen LogP contribution in [0.3, 0.4) is 0 Å². The molecule has 92 valence electrons. The first-order valence-corrected chi connectivity index (χ1v) is 5.51. The fourth-order valence-corrected chi connectivity index (χ4v) is 2.39. The van der Waals surface area contributed by atoms with Gasteiger partial charge in [-0.3, -0.25) is 4.79 Å². The number of amides is 1. The topological polar surface area (TPSA) is 59.2 Å². The normalized spacial score (nSPS) is 18.9. The highest BCUT2D eigenvalue weighted by atomic mass is 35.5. The summed E-state index contributed by atoms with van der Waals surface area (Å²) < 4.78 is 0. The van der Waals surface area contributed by atoms with E-state index in [1.807, 2.05) is 11.8 Å². The van der Waals surface area contributed by atoms with E-state index in [1.54, 1.807) is 5.51 Å². The van der Waals surface area contributed by atoms with Gasteiger partial charge in [-0.05, 0) is 13.3 Å². The molecule has 1 aromatic heterocycles. The summed E-state index contributed by atoms with van der Waals surface area (Å²) in [5.41, 5.74) is 8.28. The highest BCUT2D eigenvalue weighted by molar-refractivity contribution is 7.11.